The molecule has 1 aromatic carbocycles. The van der Waals surface area contributed by atoms with Crippen LogP contribution in [-0.4, -0.2) is 27.4 Å². The molecule has 1 aromatic heterocycles. The molecule has 5 nitrogen and oxygen atoms in total. The highest BCUT2D eigenvalue weighted by molar-refractivity contribution is 7.99. The Morgan fingerprint density at radius 3 is 2.43 bits per heavy atom. The third-order valence-electron chi connectivity index (χ3n) is 6.93. The molecule has 148 valence electrons. The SMILES string of the molecule is Cc1ccc(-c2nnc(SCC(=O)NC34CC5CC(CC(C5)C3)C4)o2)cc1C. The van der Waals surface area contributed by atoms with E-state index in [4.69, 9.17) is 4.42 Å². The van der Waals surface area contributed by atoms with Crippen LogP contribution in [0.3, 0.4) is 0 Å². The van der Waals surface area contributed by atoms with Crippen molar-refractivity contribution in [3.63, 3.8) is 0 Å². The van der Waals surface area contributed by atoms with E-state index >= 15 is 0 Å². The molecule has 4 aliphatic rings. The van der Waals surface area contributed by atoms with Crippen LogP contribution < -0.4 is 5.32 Å². The van der Waals surface area contributed by atoms with Crippen molar-refractivity contribution in [2.24, 2.45) is 17.8 Å². The number of nitrogens with one attached hydrogen (secondary N) is 1. The zero-order valence-electron chi connectivity index (χ0n) is 16.5. The van der Waals surface area contributed by atoms with Crippen molar-refractivity contribution < 1.29 is 9.21 Å². The number of amides is 1. The Morgan fingerprint density at radius 2 is 1.79 bits per heavy atom. The minimum Gasteiger partial charge on any atom is -0.411 e. The summed E-state index contributed by atoms with van der Waals surface area (Å²) in [5.41, 5.74) is 3.41. The summed E-state index contributed by atoms with van der Waals surface area (Å²) in [5.74, 6) is 3.42. The molecule has 4 aliphatic carbocycles. The van der Waals surface area contributed by atoms with Crippen molar-refractivity contribution in [3.05, 3.63) is 29.3 Å². The molecular formula is C22H27N3O2S. The number of rotatable bonds is 5. The van der Waals surface area contributed by atoms with E-state index in [1.54, 1.807) is 0 Å². The Balaban J connectivity index is 1.19. The predicted octanol–water partition coefficient (Wildman–Crippen LogP) is 4.53. The number of carbonyl (C=O) groups is 1. The highest BCUT2D eigenvalue weighted by Crippen LogP contribution is 2.55. The molecule has 4 fully saturated rings. The zero-order valence-corrected chi connectivity index (χ0v) is 17.3. The van der Waals surface area contributed by atoms with Crippen LogP contribution in [0.15, 0.2) is 27.8 Å². The summed E-state index contributed by atoms with van der Waals surface area (Å²) in [6.45, 7) is 4.15. The Morgan fingerprint density at radius 1 is 1.11 bits per heavy atom. The molecule has 1 heterocycles. The van der Waals surface area contributed by atoms with Crippen LogP contribution in [0, 0.1) is 31.6 Å². The highest BCUT2D eigenvalue weighted by Gasteiger charge is 2.51. The number of nitrogens with zero attached hydrogens (tertiary/aromatic N) is 2. The minimum absolute atomic E-state index is 0.0613. The molecule has 6 rings (SSSR count). The van der Waals surface area contributed by atoms with Gasteiger partial charge < -0.3 is 9.73 Å². The van der Waals surface area contributed by atoms with Gasteiger partial charge in [0, 0.05) is 11.1 Å². The number of aryl methyl sites for hydroxylation is 2. The molecule has 0 radical (unpaired) electrons. The van der Waals surface area contributed by atoms with Crippen molar-refractivity contribution in [2.45, 2.75) is 63.1 Å². The van der Waals surface area contributed by atoms with Crippen molar-refractivity contribution >= 4 is 17.7 Å². The van der Waals surface area contributed by atoms with Crippen LogP contribution in [0.2, 0.25) is 0 Å². The molecule has 4 saturated carbocycles. The van der Waals surface area contributed by atoms with Crippen molar-refractivity contribution in [1.29, 1.82) is 0 Å². The van der Waals surface area contributed by atoms with Gasteiger partial charge in [0.2, 0.25) is 11.8 Å². The first kappa shape index (κ1) is 18.2. The predicted molar refractivity (Wildman–Crippen MR) is 109 cm³/mol. The van der Waals surface area contributed by atoms with Crippen LogP contribution in [0.5, 0.6) is 0 Å². The fourth-order valence-electron chi connectivity index (χ4n) is 5.98. The van der Waals surface area contributed by atoms with E-state index in [1.165, 1.54) is 61.4 Å². The second-order valence-corrected chi connectivity index (χ2v) is 10.1. The molecule has 2 aromatic rings. The fraction of sp³-hybridized carbons (Fsp3) is 0.591. The summed E-state index contributed by atoms with van der Waals surface area (Å²) in [4.78, 5) is 12.6. The van der Waals surface area contributed by atoms with Gasteiger partial charge >= 0.3 is 0 Å². The van der Waals surface area contributed by atoms with Crippen LogP contribution >= 0.6 is 11.8 Å². The Bertz CT molecular complexity index is 872. The summed E-state index contributed by atoms with van der Waals surface area (Å²) in [5, 5.41) is 12.1. The summed E-state index contributed by atoms with van der Waals surface area (Å²) in [6, 6.07) is 6.10. The number of benzene rings is 1. The quantitative estimate of drug-likeness (QED) is 0.751. The van der Waals surface area contributed by atoms with E-state index in [0.29, 0.717) is 16.9 Å². The van der Waals surface area contributed by atoms with Gasteiger partial charge in [-0.25, -0.2) is 0 Å². The fourth-order valence-corrected chi connectivity index (χ4v) is 6.55. The van der Waals surface area contributed by atoms with Crippen LogP contribution in [-0.2, 0) is 4.79 Å². The molecule has 28 heavy (non-hydrogen) atoms. The topological polar surface area (TPSA) is 68.0 Å². The van der Waals surface area contributed by atoms with Crippen molar-refractivity contribution in [2.75, 3.05) is 5.75 Å². The van der Waals surface area contributed by atoms with Crippen LogP contribution in [0.1, 0.15) is 49.7 Å². The van der Waals surface area contributed by atoms with Gasteiger partial charge in [-0.15, -0.1) is 10.2 Å². The van der Waals surface area contributed by atoms with Crippen LogP contribution in [0.25, 0.3) is 11.5 Å². The molecule has 0 atom stereocenters. The maximum atomic E-state index is 12.6. The standard InChI is InChI=1S/C22H27N3O2S/c1-13-3-4-18(5-14(13)2)20-24-25-21(27-20)28-12-19(26)23-22-9-15-6-16(10-22)8-17(7-15)11-22/h3-5,15-17H,6-12H2,1-2H3,(H,23,26). The normalized spacial score (nSPS) is 30.6. The highest BCUT2D eigenvalue weighted by atomic mass is 32.2. The number of aromatic nitrogens is 2. The molecule has 0 aliphatic heterocycles. The Kier molecular flexibility index (Phi) is 4.49. The van der Waals surface area contributed by atoms with Gasteiger partial charge in [0.05, 0.1) is 5.75 Å². The van der Waals surface area contributed by atoms with E-state index in [2.05, 4.69) is 41.5 Å². The molecule has 1 N–H and O–H groups in total. The average Bonchev–Trinajstić information content (AvgIpc) is 3.10. The minimum atomic E-state index is 0.0613. The maximum Gasteiger partial charge on any atom is 0.277 e. The molecule has 0 saturated heterocycles. The lowest BCUT2D eigenvalue weighted by atomic mass is 9.53. The largest absolute Gasteiger partial charge is 0.411 e. The van der Waals surface area contributed by atoms with E-state index in [1.807, 2.05) is 6.07 Å². The second-order valence-electron chi connectivity index (χ2n) is 9.21. The third-order valence-corrected chi connectivity index (χ3v) is 7.75. The molecule has 1 amide bonds. The lowest BCUT2D eigenvalue weighted by molar-refractivity contribution is -0.124. The average molecular weight is 398 g/mol. The molecule has 0 spiro atoms. The van der Waals surface area contributed by atoms with Crippen molar-refractivity contribution in [3.8, 4) is 11.5 Å². The summed E-state index contributed by atoms with van der Waals surface area (Å²) < 4.78 is 5.77. The number of hydrogen-bond acceptors (Lipinski definition) is 5. The smallest absolute Gasteiger partial charge is 0.277 e. The van der Waals surface area contributed by atoms with E-state index in [9.17, 15) is 4.79 Å². The molecule has 6 heteroatoms. The summed E-state index contributed by atoms with van der Waals surface area (Å²) in [7, 11) is 0. The first-order chi connectivity index (χ1) is 13.5. The lowest BCUT2D eigenvalue weighted by Crippen LogP contribution is -2.60. The molecular weight excluding hydrogens is 370 g/mol. The molecule has 0 unspecified atom stereocenters. The third kappa shape index (κ3) is 3.47. The Hall–Kier alpha value is -1.82. The zero-order chi connectivity index (χ0) is 19.3. The van der Waals surface area contributed by atoms with Gasteiger partial charge in [-0.1, -0.05) is 17.8 Å². The second kappa shape index (κ2) is 6.90. The Labute approximate surface area is 170 Å². The monoisotopic (exact) mass is 397 g/mol. The number of carbonyl (C=O) groups excluding carboxylic acids is 1. The van der Waals surface area contributed by atoms with Gasteiger partial charge in [0.15, 0.2) is 0 Å². The van der Waals surface area contributed by atoms with Gasteiger partial charge in [-0.2, -0.15) is 0 Å². The summed E-state index contributed by atoms with van der Waals surface area (Å²) in [6.07, 6.45) is 7.67. The van der Waals surface area contributed by atoms with Gasteiger partial charge in [-0.3, -0.25) is 4.79 Å². The first-order valence-electron chi connectivity index (χ1n) is 10.3. The van der Waals surface area contributed by atoms with E-state index in [0.717, 1.165) is 23.3 Å². The molecule has 4 bridgehead atoms. The van der Waals surface area contributed by atoms with E-state index in [-0.39, 0.29) is 11.4 Å². The van der Waals surface area contributed by atoms with Gasteiger partial charge in [-0.05, 0) is 93.4 Å². The van der Waals surface area contributed by atoms with E-state index < -0.39 is 0 Å². The maximum absolute atomic E-state index is 12.6. The van der Waals surface area contributed by atoms with Gasteiger partial charge in [0.1, 0.15) is 0 Å². The van der Waals surface area contributed by atoms with Crippen molar-refractivity contribution in [1.82, 2.24) is 15.5 Å². The number of hydrogen-bond donors (Lipinski definition) is 1. The summed E-state index contributed by atoms with van der Waals surface area (Å²) >= 11 is 1.33. The lowest BCUT2D eigenvalue weighted by Gasteiger charge is -2.56. The number of thioether (sulfide) groups is 1. The van der Waals surface area contributed by atoms with Gasteiger partial charge in [0.25, 0.3) is 5.22 Å². The first-order valence-corrected chi connectivity index (χ1v) is 11.3. The van der Waals surface area contributed by atoms with Crippen LogP contribution in [0.4, 0.5) is 0 Å².